The van der Waals surface area contributed by atoms with E-state index in [9.17, 15) is 0 Å². The lowest BCUT2D eigenvalue weighted by molar-refractivity contribution is 0.634. The van der Waals surface area contributed by atoms with Crippen molar-refractivity contribution in [3.05, 3.63) is 234 Å². The monoisotopic (exact) mass is 923 g/mol. The Kier molecular flexibility index (Phi) is 10.7. The zero-order valence-corrected chi connectivity index (χ0v) is 39.9. The fraction of sp³-hybridized carbons (Fsp3) is 0.0938. The van der Waals surface area contributed by atoms with E-state index in [1.807, 2.05) is 22.7 Å². The molecule has 4 heterocycles. The predicted octanol–water partition coefficient (Wildman–Crippen LogP) is 18.4. The van der Waals surface area contributed by atoms with Gasteiger partial charge in [0.2, 0.25) is 0 Å². The fourth-order valence-corrected chi connectivity index (χ4v) is 12.8. The summed E-state index contributed by atoms with van der Waals surface area (Å²) in [6.07, 6.45) is 4.27. The molecule has 2 aliphatic rings. The normalized spacial score (nSPS) is 13.1. The molecule has 0 radical (unpaired) electrons. The molecule has 0 amide bonds. The van der Waals surface area contributed by atoms with Crippen molar-refractivity contribution in [3.63, 3.8) is 0 Å². The van der Waals surface area contributed by atoms with Crippen LogP contribution >= 0.6 is 22.7 Å². The Hall–Kier alpha value is -7.70. The van der Waals surface area contributed by atoms with Gasteiger partial charge in [-0.15, -0.1) is 22.7 Å². The molecule has 0 saturated carbocycles. The molecule has 332 valence electrons. The minimum absolute atomic E-state index is 1.01. The predicted molar refractivity (Wildman–Crippen MR) is 297 cm³/mol. The molecule has 0 bridgehead atoms. The van der Waals surface area contributed by atoms with Gasteiger partial charge in [-0.3, -0.25) is 0 Å². The first-order valence-corrected chi connectivity index (χ1v) is 26.0. The lowest BCUT2D eigenvalue weighted by Crippen LogP contribution is -2.36. The molecule has 0 aliphatic carbocycles. The second-order valence-corrected chi connectivity index (χ2v) is 20.1. The highest BCUT2D eigenvalue weighted by atomic mass is 32.1. The molecule has 0 spiro atoms. The van der Waals surface area contributed by atoms with Gasteiger partial charge in [-0.2, -0.15) is 0 Å². The van der Waals surface area contributed by atoms with Crippen molar-refractivity contribution in [1.29, 1.82) is 0 Å². The van der Waals surface area contributed by atoms with E-state index in [1.165, 1.54) is 104 Å². The Balaban J connectivity index is 1.13. The van der Waals surface area contributed by atoms with Crippen molar-refractivity contribution in [2.45, 2.75) is 25.7 Å². The van der Waals surface area contributed by atoms with Crippen LogP contribution < -0.4 is 14.7 Å². The maximum Gasteiger partial charge on any atom is 0.0647 e. The molecule has 3 nitrogen and oxygen atoms in total. The maximum absolute atomic E-state index is 2.73. The van der Waals surface area contributed by atoms with Crippen LogP contribution in [0.3, 0.4) is 0 Å². The van der Waals surface area contributed by atoms with E-state index < -0.39 is 0 Å². The van der Waals surface area contributed by atoms with Gasteiger partial charge in [0, 0.05) is 72.2 Å². The van der Waals surface area contributed by atoms with Crippen LogP contribution in [-0.4, -0.2) is 13.1 Å². The van der Waals surface area contributed by atoms with E-state index in [4.69, 9.17) is 0 Å². The van der Waals surface area contributed by atoms with Gasteiger partial charge >= 0.3 is 0 Å². The zero-order chi connectivity index (χ0) is 45.7. The molecule has 9 aromatic carbocycles. The van der Waals surface area contributed by atoms with Crippen LogP contribution in [0.1, 0.15) is 24.0 Å². The maximum atomic E-state index is 2.73. The number of anilines is 7. The topological polar surface area (TPSA) is 9.72 Å². The van der Waals surface area contributed by atoms with E-state index in [2.05, 4.69) is 238 Å². The van der Waals surface area contributed by atoms with Gasteiger partial charge in [0.05, 0.1) is 22.7 Å². The summed E-state index contributed by atoms with van der Waals surface area (Å²) < 4.78 is 2.57. The number of hydrogen-bond donors (Lipinski definition) is 0. The Labute approximate surface area is 412 Å². The average Bonchev–Trinajstić information content (AvgIpc) is 4.05. The second kappa shape index (κ2) is 17.7. The largest absolute Gasteiger partial charge is 0.371 e. The van der Waals surface area contributed by atoms with Crippen LogP contribution in [0, 0.1) is 0 Å². The van der Waals surface area contributed by atoms with E-state index in [0.29, 0.717) is 0 Å². The van der Waals surface area contributed by atoms with Gasteiger partial charge < -0.3 is 14.7 Å². The highest BCUT2D eigenvalue weighted by molar-refractivity contribution is 7.18. The van der Waals surface area contributed by atoms with Crippen molar-refractivity contribution >= 4 is 82.7 Å². The molecule has 2 aromatic heterocycles. The van der Waals surface area contributed by atoms with Crippen LogP contribution in [0.25, 0.3) is 64.7 Å². The first kappa shape index (κ1) is 41.5. The molecule has 2 aliphatic heterocycles. The minimum atomic E-state index is 1.01. The van der Waals surface area contributed by atoms with Crippen molar-refractivity contribution in [1.82, 2.24) is 0 Å². The van der Waals surface area contributed by atoms with Crippen molar-refractivity contribution in [2.24, 2.45) is 0 Å². The number of rotatable bonds is 10. The minimum Gasteiger partial charge on any atom is -0.371 e. The molecule has 5 heteroatoms. The zero-order valence-electron chi connectivity index (χ0n) is 38.3. The third-order valence-electron chi connectivity index (χ3n) is 14.2. The number of fused-ring (bicyclic) bond motifs is 2. The molecule has 13 rings (SSSR count). The summed E-state index contributed by atoms with van der Waals surface area (Å²) in [6, 6.07) is 78.6. The Morgan fingerprint density at radius 3 is 1.06 bits per heavy atom. The van der Waals surface area contributed by atoms with Crippen LogP contribution in [0.15, 0.2) is 223 Å². The molecule has 69 heavy (non-hydrogen) atoms. The molecule has 0 unspecified atom stereocenters. The van der Waals surface area contributed by atoms with E-state index >= 15 is 0 Å². The van der Waals surface area contributed by atoms with Gasteiger partial charge in [-0.25, -0.2) is 0 Å². The smallest absolute Gasteiger partial charge is 0.0647 e. The van der Waals surface area contributed by atoms with Crippen LogP contribution in [0.2, 0.25) is 0 Å². The molecule has 11 aromatic rings. The van der Waals surface area contributed by atoms with Gasteiger partial charge in [0.1, 0.15) is 0 Å². The van der Waals surface area contributed by atoms with E-state index in [-0.39, 0.29) is 0 Å². The van der Waals surface area contributed by atoms with Gasteiger partial charge in [-0.1, -0.05) is 158 Å². The second-order valence-electron chi connectivity index (χ2n) is 18.3. The van der Waals surface area contributed by atoms with E-state index in [1.54, 1.807) is 0 Å². The summed E-state index contributed by atoms with van der Waals surface area (Å²) >= 11 is 3.67. The number of thiophene rings is 2. The molecule has 0 fully saturated rings. The SMILES string of the molecule is c1ccc(-c2cc(-c3ccccc3)cc(N(c3cc(N(c4cc(-c5ccccc5)cc(-c5ccccc5)c4)c4csc5ccccc45)c4c5c3CCCN5CCC4)c3csc4ccccc34)c2)cc1. The van der Waals surface area contributed by atoms with Gasteiger partial charge in [0.25, 0.3) is 0 Å². The third-order valence-corrected chi connectivity index (χ3v) is 16.1. The average molecular weight is 924 g/mol. The van der Waals surface area contributed by atoms with Gasteiger partial charge in [0.15, 0.2) is 0 Å². The Morgan fingerprint density at radius 1 is 0.333 bits per heavy atom. The number of hydrogen-bond acceptors (Lipinski definition) is 5. The van der Waals surface area contributed by atoms with Crippen molar-refractivity contribution < 1.29 is 0 Å². The van der Waals surface area contributed by atoms with Crippen molar-refractivity contribution in [3.8, 4) is 44.5 Å². The van der Waals surface area contributed by atoms with E-state index in [0.717, 1.165) is 50.1 Å². The highest BCUT2D eigenvalue weighted by Gasteiger charge is 2.34. The quantitative estimate of drug-likeness (QED) is 0.135. The lowest BCUT2D eigenvalue weighted by Gasteiger charge is -2.42. The number of nitrogens with zero attached hydrogens (tertiary/aromatic N) is 3. The standard InChI is InChI=1S/C64H49N3S2/c1-5-19-44(20-6-1)48-35-49(45-21-7-2-8-22-45)38-52(37-48)66(60-42-68-62-31-15-13-27-54(60)62)58-41-59(57-30-18-34-65-33-17-29-56(58)64(57)65)67(61-43-69-63-32-16-14-28-55(61)63)53-39-50(46-23-9-3-10-24-46)36-51(40-53)47-25-11-4-12-26-47/h1-16,19-28,31-32,35-43H,17-18,29-30,33-34H2. The summed E-state index contributed by atoms with van der Waals surface area (Å²) in [5.41, 5.74) is 21.1. The van der Waals surface area contributed by atoms with Crippen molar-refractivity contribution in [2.75, 3.05) is 27.8 Å². The molecule has 0 saturated heterocycles. The summed E-state index contributed by atoms with van der Waals surface area (Å²) in [5.74, 6) is 0. The molecule has 0 N–H and O–H groups in total. The third kappa shape index (κ3) is 7.59. The summed E-state index contributed by atoms with van der Waals surface area (Å²) in [7, 11) is 0. The fourth-order valence-electron chi connectivity index (χ4n) is 11.0. The number of benzene rings is 9. The molecule has 0 atom stereocenters. The molecular formula is C64H49N3S2. The lowest BCUT2D eigenvalue weighted by atomic mass is 9.87. The first-order valence-electron chi connectivity index (χ1n) is 24.2. The van der Waals surface area contributed by atoms with Crippen LogP contribution in [-0.2, 0) is 12.8 Å². The first-order chi connectivity index (χ1) is 34.2. The summed E-state index contributed by atoms with van der Waals surface area (Å²) in [5, 5.41) is 7.32. The van der Waals surface area contributed by atoms with Crippen LogP contribution in [0.4, 0.5) is 39.8 Å². The van der Waals surface area contributed by atoms with Gasteiger partial charge in [-0.05, 0) is 125 Å². The van der Waals surface area contributed by atoms with Crippen LogP contribution in [0.5, 0.6) is 0 Å². The Bertz CT molecular complexity index is 3280. The summed E-state index contributed by atoms with van der Waals surface area (Å²) in [4.78, 5) is 7.99. The summed E-state index contributed by atoms with van der Waals surface area (Å²) in [6.45, 7) is 2.13. The highest BCUT2D eigenvalue weighted by Crippen LogP contribution is 2.55. The molecular weight excluding hydrogens is 875 g/mol. The Morgan fingerprint density at radius 2 is 0.681 bits per heavy atom.